The predicted octanol–water partition coefficient (Wildman–Crippen LogP) is 3.97. The summed E-state index contributed by atoms with van der Waals surface area (Å²) in [6, 6.07) is 9.87. The lowest BCUT2D eigenvalue weighted by Gasteiger charge is -2.07. The molecule has 2 rings (SSSR count). The van der Waals surface area contributed by atoms with E-state index in [-0.39, 0.29) is 17.3 Å². The number of ether oxygens (including phenoxy) is 1. The van der Waals surface area contributed by atoms with Crippen LogP contribution in [0.1, 0.15) is 5.56 Å². The van der Waals surface area contributed by atoms with Gasteiger partial charge in [0.15, 0.2) is 0 Å². The Balaban J connectivity index is 2.10. The zero-order chi connectivity index (χ0) is 13.8. The number of nitrogens with zero attached hydrogens (tertiary/aromatic N) is 1. The third-order valence-corrected chi connectivity index (χ3v) is 2.71. The predicted molar refractivity (Wildman–Crippen MR) is 68.8 cm³/mol. The van der Waals surface area contributed by atoms with Gasteiger partial charge in [0.05, 0.1) is 9.95 Å². The molecule has 0 spiro atoms. The van der Waals surface area contributed by atoms with Crippen molar-refractivity contribution in [2.24, 2.45) is 0 Å². The quantitative estimate of drug-likeness (QED) is 0.629. The van der Waals surface area contributed by atoms with Crippen molar-refractivity contribution in [2.75, 3.05) is 0 Å². The molecule has 4 nitrogen and oxygen atoms in total. The monoisotopic (exact) mass is 281 g/mol. The lowest BCUT2D eigenvalue weighted by atomic mass is 10.2. The zero-order valence-electron chi connectivity index (χ0n) is 9.68. The lowest BCUT2D eigenvalue weighted by Crippen LogP contribution is -1.97. The Labute approximate surface area is 113 Å². The third-order valence-electron chi connectivity index (χ3n) is 2.41. The lowest BCUT2D eigenvalue weighted by molar-refractivity contribution is -0.384. The van der Waals surface area contributed by atoms with Crippen LogP contribution in [0.4, 0.5) is 10.1 Å². The molecule has 0 aromatic heterocycles. The van der Waals surface area contributed by atoms with E-state index in [0.717, 1.165) is 6.07 Å². The van der Waals surface area contributed by atoms with Gasteiger partial charge in [-0.2, -0.15) is 0 Å². The average Bonchev–Trinajstić information content (AvgIpc) is 2.38. The topological polar surface area (TPSA) is 52.4 Å². The first-order chi connectivity index (χ1) is 9.06. The molecule has 6 heteroatoms. The van der Waals surface area contributed by atoms with E-state index in [4.69, 9.17) is 16.3 Å². The summed E-state index contributed by atoms with van der Waals surface area (Å²) >= 11 is 5.80. The summed E-state index contributed by atoms with van der Waals surface area (Å²) in [6.07, 6.45) is 0. The van der Waals surface area contributed by atoms with Crippen molar-refractivity contribution in [3.8, 4) is 5.75 Å². The van der Waals surface area contributed by atoms with Gasteiger partial charge in [-0.25, -0.2) is 4.39 Å². The van der Waals surface area contributed by atoms with Crippen LogP contribution in [0.5, 0.6) is 5.75 Å². The molecule has 0 amide bonds. The SMILES string of the molecule is O=[N+]([O-])c1cccc(COc2ccc(F)cc2Cl)c1. The Morgan fingerprint density at radius 1 is 1.26 bits per heavy atom. The number of nitro benzene ring substituents is 1. The van der Waals surface area contributed by atoms with Gasteiger partial charge in [0, 0.05) is 12.1 Å². The first kappa shape index (κ1) is 13.3. The molecule has 0 aliphatic carbocycles. The van der Waals surface area contributed by atoms with Gasteiger partial charge in [0.1, 0.15) is 18.2 Å². The van der Waals surface area contributed by atoms with Crippen molar-refractivity contribution < 1.29 is 14.1 Å². The van der Waals surface area contributed by atoms with Crippen molar-refractivity contribution in [3.05, 3.63) is 69.0 Å². The molecular weight excluding hydrogens is 273 g/mol. The van der Waals surface area contributed by atoms with Gasteiger partial charge >= 0.3 is 0 Å². The molecule has 0 atom stereocenters. The normalized spacial score (nSPS) is 10.2. The highest BCUT2D eigenvalue weighted by Crippen LogP contribution is 2.26. The highest BCUT2D eigenvalue weighted by molar-refractivity contribution is 6.32. The highest BCUT2D eigenvalue weighted by atomic mass is 35.5. The van der Waals surface area contributed by atoms with E-state index >= 15 is 0 Å². The standard InChI is InChI=1S/C13H9ClFNO3/c14-12-7-10(15)4-5-13(12)19-8-9-2-1-3-11(6-9)16(17)18/h1-7H,8H2. The Hall–Kier alpha value is -2.14. The maximum Gasteiger partial charge on any atom is 0.269 e. The summed E-state index contributed by atoms with van der Waals surface area (Å²) < 4.78 is 18.2. The second-order valence-electron chi connectivity index (χ2n) is 3.79. The van der Waals surface area contributed by atoms with E-state index in [9.17, 15) is 14.5 Å². The number of hydrogen-bond donors (Lipinski definition) is 0. The molecule has 0 radical (unpaired) electrons. The Morgan fingerprint density at radius 3 is 2.74 bits per heavy atom. The van der Waals surface area contributed by atoms with Crippen molar-refractivity contribution in [1.82, 2.24) is 0 Å². The first-order valence-corrected chi connectivity index (χ1v) is 5.75. The molecule has 0 bridgehead atoms. The molecule has 0 saturated heterocycles. The number of halogens is 2. The van der Waals surface area contributed by atoms with Crippen LogP contribution in [0.2, 0.25) is 5.02 Å². The number of rotatable bonds is 4. The second-order valence-corrected chi connectivity index (χ2v) is 4.20. The minimum absolute atomic E-state index is 0.00805. The summed E-state index contributed by atoms with van der Waals surface area (Å²) in [7, 11) is 0. The fourth-order valence-electron chi connectivity index (χ4n) is 1.51. The fourth-order valence-corrected chi connectivity index (χ4v) is 1.73. The van der Waals surface area contributed by atoms with Gasteiger partial charge in [-0.05, 0) is 23.8 Å². The third kappa shape index (κ3) is 3.42. The zero-order valence-corrected chi connectivity index (χ0v) is 10.4. The van der Waals surface area contributed by atoms with E-state index in [2.05, 4.69) is 0 Å². The van der Waals surface area contributed by atoms with Gasteiger partial charge in [-0.3, -0.25) is 10.1 Å². The fraction of sp³-hybridized carbons (Fsp3) is 0.0769. The van der Waals surface area contributed by atoms with Crippen LogP contribution in [0, 0.1) is 15.9 Å². The van der Waals surface area contributed by atoms with Crippen LogP contribution in [0.3, 0.4) is 0 Å². The molecule has 0 aliphatic heterocycles. The van der Waals surface area contributed by atoms with Crippen LogP contribution in [-0.2, 0) is 6.61 Å². The van der Waals surface area contributed by atoms with Gasteiger partial charge < -0.3 is 4.74 Å². The molecule has 0 aliphatic rings. The van der Waals surface area contributed by atoms with Gasteiger partial charge in [0.25, 0.3) is 5.69 Å². The maximum absolute atomic E-state index is 12.8. The van der Waals surface area contributed by atoms with E-state index < -0.39 is 10.7 Å². The second kappa shape index (κ2) is 5.67. The number of non-ortho nitro benzene ring substituents is 1. The van der Waals surface area contributed by atoms with Crippen molar-refractivity contribution in [3.63, 3.8) is 0 Å². The Kier molecular flexibility index (Phi) is 3.97. The van der Waals surface area contributed by atoms with Crippen molar-refractivity contribution >= 4 is 17.3 Å². The summed E-state index contributed by atoms with van der Waals surface area (Å²) in [6.45, 7) is 0.118. The molecular formula is C13H9ClFNO3. The molecule has 0 N–H and O–H groups in total. The van der Waals surface area contributed by atoms with Gasteiger partial charge in [0.2, 0.25) is 0 Å². The molecule has 19 heavy (non-hydrogen) atoms. The minimum Gasteiger partial charge on any atom is -0.487 e. The number of benzene rings is 2. The first-order valence-electron chi connectivity index (χ1n) is 5.37. The van der Waals surface area contributed by atoms with E-state index in [0.29, 0.717) is 11.3 Å². The highest BCUT2D eigenvalue weighted by Gasteiger charge is 2.07. The van der Waals surface area contributed by atoms with Gasteiger partial charge in [-0.15, -0.1) is 0 Å². The smallest absolute Gasteiger partial charge is 0.269 e. The van der Waals surface area contributed by atoms with Crippen LogP contribution >= 0.6 is 11.6 Å². The average molecular weight is 282 g/mol. The minimum atomic E-state index is -0.478. The van der Waals surface area contributed by atoms with Crippen molar-refractivity contribution in [1.29, 1.82) is 0 Å². The maximum atomic E-state index is 12.8. The summed E-state index contributed by atoms with van der Waals surface area (Å²) in [5.41, 5.74) is 0.626. The molecule has 0 saturated carbocycles. The van der Waals surface area contributed by atoms with Crippen LogP contribution < -0.4 is 4.74 Å². The molecule has 2 aromatic carbocycles. The molecule has 0 heterocycles. The summed E-state index contributed by atoms with van der Waals surface area (Å²) in [5, 5.41) is 10.8. The van der Waals surface area contributed by atoms with Crippen LogP contribution in [0.25, 0.3) is 0 Å². The summed E-state index contributed by atoms with van der Waals surface area (Å²) in [4.78, 5) is 10.1. The van der Waals surface area contributed by atoms with E-state index in [1.165, 1.54) is 24.3 Å². The van der Waals surface area contributed by atoms with Crippen molar-refractivity contribution in [2.45, 2.75) is 6.61 Å². The molecule has 2 aromatic rings. The Morgan fingerprint density at radius 2 is 2.05 bits per heavy atom. The van der Waals surface area contributed by atoms with Crippen LogP contribution in [0.15, 0.2) is 42.5 Å². The number of nitro groups is 1. The molecule has 0 unspecified atom stereocenters. The molecule has 0 fully saturated rings. The Bertz CT molecular complexity index is 619. The van der Waals surface area contributed by atoms with E-state index in [1.807, 2.05) is 0 Å². The van der Waals surface area contributed by atoms with Gasteiger partial charge in [-0.1, -0.05) is 23.7 Å². The van der Waals surface area contributed by atoms with Crippen LogP contribution in [-0.4, -0.2) is 4.92 Å². The summed E-state index contributed by atoms with van der Waals surface area (Å²) in [5.74, 6) is -0.123. The number of hydrogen-bond acceptors (Lipinski definition) is 3. The molecule has 98 valence electrons. The largest absolute Gasteiger partial charge is 0.487 e. The van der Waals surface area contributed by atoms with E-state index in [1.54, 1.807) is 12.1 Å².